The molecule has 3 aromatic rings. The maximum Gasteiger partial charge on any atom is 0.258 e. The second-order valence-electron chi connectivity index (χ2n) is 4.48. The van der Waals surface area contributed by atoms with Gasteiger partial charge in [0.2, 0.25) is 5.82 Å². The molecule has 0 atom stereocenters. The van der Waals surface area contributed by atoms with Crippen LogP contribution in [0.5, 0.6) is 0 Å². The van der Waals surface area contributed by atoms with E-state index in [9.17, 15) is 4.39 Å². The molecule has 3 rings (SSSR count). The number of benzene rings is 2. The monoisotopic (exact) mass is 347 g/mol. The summed E-state index contributed by atoms with van der Waals surface area (Å²) in [6.07, 6.45) is 0. The van der Waals surface area contributed by atoms with E-state index < -0.39 is 0 Å². The van der Waals surface area contributed by atoms with Gasteiger partial charge in [0, 0.05) is 22.1 Å². The SMILES string of the molecule is NCc1ccc(-c2nc(-c3cc(F)cc(Br)c3)no2)cc1. The number of hydrogen-bond acceptors (Lipinski definition) is 4. The normalized spacial score (nSPS) is 10.8. The molecular weight excluding hydrogens is 337 g/mol. The number of hydrogen-bond donors (Lipinski definition) is 1. The van der Waals surface area contributed by atoms with Gasteiger partial charge < -0.3 is 10.3 Å². The highest BCUT2D eigenvalue weighted by Crippen LogP contribution is 2.25. The fourth-order valence-corrected chi connectivity index (χ4v) is 2.39. The van der Waals surface area contributed by atoms with Crippen molar-refractivity contribution < 1.29 is 8.91 Å². The van der Waals surface area contributed by atoms with Crippen LogP contribution in [0.15, 0.2) is 51.5 Å². The molecule has 2 N–H and O–H groups in total. The molecule has 6 heteroatoms. The van der Waals surface area contributed by atoms with E-state index in [2.05, 4.69) is 26.1 Å². The summed E-state index contributed by atoms with van der Waals surface area (Å²) in [5.74, 6) is 0.361. The van der Waals surface area contributed by atoms with Crippen LogP contribution >= 0.6 is 15.9 Å². The Morgan fingerprint density at radius 3 is 2.52 bits per heavy atom. The van der Waals surface area contributed by atoms with Crippen LogP contribution in [0.1, 0.15) is 5.56 Å². The van der Waals surface area contributed by atoms with Crippen LogP contribution in [0.2, 0.25) is 0 Å². The molecule has 0 saturated heterocycles. The summed E-state index contributed by atoms with van der Waals surface area (Å²) < 4.78 is 19.2. The molecule has 4 nitrogen and oxygen atoms in total. The van der Waals surface area contributed by atoms with Gasteiger partial charge in [-0.15, -0.1) is 0 Å². The average Bonchev–Trinajstić information content (AvgIpc) is 2.96. The molecule has 0 aliphatic heterocycles. The molecule has 1 heterocycles. The lowest BCUT2D eigenvalue weighted by Gasteiger charge is -1.97. The van der Waals surface area contributed by atoms with Crippen molar-refractivity contribution in [1.82, 2.24) is 10.1 Å². The van der Waals surface area contributed by atoms with Crippen LogP contribution < -0.4 is 5.73 Å². The minimum absolute atomic E-state index is 0.341. The lowest BCUT2D eigenvalue weighted by atomic mass is 10.1. The van der Waals surface area contributed by atoms with Crippen LogP contribution in [0.25, 0.3) is 22.8 Å². The Bertz CT molecular complexity index is 751. The smallest absolute Gasteiger partial charge is 0.258 e. The first-order valence-corrected chi connectivity index (χ1v) is 7.04. The largest absolute Gasteiger partial charge is 0.334 e. The summed E-state index contributed by atoms with van der Waals surface area (Å²) in [7, 11) is 0. The minimum atomic E-state index is -0.363. The first-order valence-electron chi connectivity index (χ1n) is 6.25. The van der Waals surface area contributed by atoms with Gasteiger partial charge in [0.1, 0.15) is 5.82 Å². The summed E-state index contributed by atoms with van der Waals surface area (Å²) in [6, 6.07) is 12.0. The Hall–Kier alpha value is -2.05. The molecule has 0 spiro atoms. The zero-order chi connectivity index (χ0) is 14.8. The molecule has 0 radical (unpaired) electrons. The van der Waals surface area contributed by atoms with Crippen molar-refractivity contribution in [2.24, 2.45) is 5.73 Å². The highest BCUT2D eigenvalue weighted by atomic mass is 79.9. The minimum Gasteiger partial charge on any atom is -0.334 e. The molecule has 0 unspecified atom stereocenters. The predicted molar refractivity (Wildman–Crippen MR) is 80.7 cm³/mol. The van der Waals surface area contributed by atoms with E-state index in [1.54, 1.807) is 6.07 Å². The molecule has 21 heavy (non-hydrogen) atoms. The van der Waals surface area contributed by atoms with Crippen molar-refractivity contribution in [2.45, 2.75) is 6.54 Å². The topological polar surface area (TPSA) is 64.9 Å². The van der Waals surface area contributed by atoms with Crippen LogP contribution in [-0.4, -0.2) is 10.1 Å². The van der Waals surface area contributed by atoms with E-state index in [0.29, 0.717) is 28.3 Å². The van der Waals surface area contributed by atoms with E-state index in [1.165, 1.54) is 12.1 Å². The quantitative estimate of drug-likeness (QED) is 0.783. The van der Waals surface area contributed by atoms with E-state index in [1.807, 2.05) is 24.3 Å². The van der Waals surface area contributed by atoms with Gasteiger partial charge in [0.15, 0.2) is 0 Å². The molecule has 0 bridgehead atoms. The van der Waals surface area contributed by atoms with Crippen molar-refractivity contribution in [2.75, 3.05) is 0 Å². The van der Waals surface area contributed by atoms with Crippen molar-refractivity contribution in [3.8, 4) is 22.8 Å². The third kappa shape index (κ3) is 3.01. The average molecular weight is 348 g/mol. The number of rotatable bonds is 3. The van der Waals surface area contributed by atoms with Gasteiger partial charge in [-0.1, -0.05) is 33.2 Å². The molecule has 1 aromatic heterocycles. The van der Waals surface area contributed by atoms with Crippen molar-refractivity contribution >= 4 is 15.9 Å². The standard InChI is InChI=1S/C15H11BrFN3O/c16-12-5-11(6-13(17)7-12)14-19-15(21-20-14)10-3-1-9(8-18)2-4-10/h1-7H,8,18H2. The Kier molecular flexibility index (Phi) is 3.81. The molecule has 0 aliphatic carbocycles. The highest BCUT2D eigenvalue weighted by Gasteiger charge is 2.12. The third-order valence-corrected chi connectivity index (χ3v) is 3.44. The molecule has 0 aliphatic rings. The fourth-order valence-electron chi connectivity index (χ4n) is 1.92. The molecule has 106 valence electrons. The second kappa shape index (κ2) is 5.75. The van der Waals surface area contributed by atoms with Crippen LogP contribution in [0.3, 0.4) is 0 Å². The number of nitrogens with zero attached hydrogens (tertiary/aromatic N) is 2. The van der Waals surface area contributed by atoms with Crippen LogP contribution in [0.4, 0.5) is 4.39 Å². The predicted octanol–water partition coefficient (Wildman–Crippen LogP) is 3.76. The van der Waals surface area contributed by atoms with E-state index in [-0.39, 0.29) is 5.82 Å². The fraction of sp³-hybridized carbons (Fsp3) is 0.0667. The zero-order valence-electron chi connectivity index (χ0n) is 10.9. The lowest BCUT2D eigenvalue weighted by molar-refractivity contribution is 0.432. The van der Waals surface area contributed by atoms with Gasteiger partial charge in [-0.3, -0.25) is 0 Å². The van der Waals surface area contributed by atoms with Crippen molar-refractivity contribution in [3.63, 3.8) is 0 Å². The molecular formula is C15H11BrFN3O. The molecule has 0 saturated carbocycles. The first kappa shape index (κ1) is 13.9. The van der Waals surface area contributed by atoms with Gasteiger partial charge in [-0.2, -0.15) is 4.98 Å². The number of nitrogens with two attached hydrogens (primary N) is 1. The summed E-state index contributed by atoms with van der Waals surface area (Å²) in [5.41, 5.74) is 7.92. The Morgan fingerprint density at radius 1 is 1.10 bits per heavy atom. The Balaban J connectivity index is 1.95. The second-order valence-corrected chi connectivity index (χ2v) is 5.40. The van der Waals surface area contributed by atoms with E-state index >= 15 is 0 Å². The zero-order valence-corrected chi connectivity index (χ0v) is 12.5. The summed E-state index contributed by atoms with van der Waals surface area (Å²) in [5, 5.41) is 3.89. The van der Waals surface area contributed by atoms with E-state index in [0.717, 1.165) is 11.1 Å². The first-order chi connectivity index (χ1) is 10.2. The van der Waals surface area contributed by atoms with E-state index in [4.69, 9.17) is 10.3 Å². The van der Waals surface area contributed by atoms with Crippen molar-refractivity contribution in [3.05, 3.63) is 58.3 Å². The summed E-state index contributed by atoms with van der Waals surface area (Å²) >= 11 is 3.24. The summed E-state index contributed by atoms with van der Waals surface area (Å²) in [4.78, 5) is 4.29. The van der Waals surface area contributed by atoms with Crippen molar-refractivity contribution in [1.29, 1.82) is 0 Å². The number of aromatic nitrogens is 2. The Labute approximate surface area is 128 Å². The van der Waals surface area contributed by atoms with Gasteiger partial charge in [0.05, 0.1) is 0 Å². The maximum atomic E-state index is 13.4. The third-order valence-electron chi connectivity index (χ3n) is 2.98. The van der Waals surface area contributed by atoms with Crippen LogP contribution in [0, 0.1) is 5.82 Å². The van der Waals surface area contributed by atoms with Gasteiger partial charge in [-0.05, 0) is 35.9 Å². The number of halogens is 2. The summed E-state index contributed by atoms with van der Waals surface area (Å²) in [6.45, 7) is 0.479. The van der Waals surface area contributed by atoms with Gasteiger partial charge in [-0.25, -0.2) is 4.39 Å². The lowest BCUT2D eigenvalue weighted by Crippen LogP contribution is -1.95. The maximum absolute atomic E-state index is 13.4. The molecule has 2 aromatic carbocycles. The Morgan fingerprint density at radius 2 is 1.86 bits per heavy atom. The van der Waals surface area contributed by atoms with Crippen LogP contribution in [-0.2, 0) is 6.54 Å². The highest BCUT2D eigenvalue weighted by molar-refractivity contribution is 9.10. The molecule has 0 amide bonds. The van der Waals surface area contributed by atoms with Gasteiger partial charge in [0.25, 0.3) is 5.89 Å². The van der Waals surface area contributed by atoms with Gasteiger partial charge >= 0.3 is 0 Å². The molecule has 0 fully saturated rings.